The highest BCUT2D eigenvalue weighted by Gasteiger charge is 2.30. The summed E-state index contributed by atoms with van der Waals surface area (Å²) >= 11 is 0. The Morgan fingerprint density at radius 3 is 2.40 bits per heavy atom. The van der Waals surface area contributed by atoms with E-state index in [-0.39, 0.29) is 5.92 Å². The summed E-state index contributed by atoms with van der Waals surface area (Å²) in [5.41, 5.74) is 0. The Bertz CT molecular complexity index is 584. The van der Waals surface area contributed by atoms with Crippen LogP contribution in [0.1, 0.15) is 13.3 Å². The molecule has 2 N–H and O–H groups in total. The lowest BCUT2D eigenvalue weighted by molar-refractivity contribution is 0.326. The lowest BCUT2D eigenvalue weighted by Crippen LogP contribution is -2.50. The zero-order valence-electron chi connectivity index (χ0n) is 10.8. The first-order valence-corrected chi connectivity index (χ1v) is 7.67. The number of hydrogen-bond donors (Lipinski definition) is 2. The van der Waals surface area contributed by atoms with Crippen molar-refractivity contribution >= 4 is 10.0 Å². The van der Waals surface area contributed by atoms with Gasteiger partial charge in [0.25, 0.3) is 0 Å². The quantitative estimate of drug-likeness (QED) is 0.887. The average Bonchev–Trinajstić information content (AvgIpc) is 2.30. The maximum absolute atomic E-state index is 13.5. The van der Waals surface area contributed by atoms with Crippen LogP contribution in [0.15, 0.2) is 17.0 Å². The van der Waals surface area contributed by atoms with E-state index in [1.165, 1.54) is 0 Å². The normalized spacial score (nSPS) is 23.8. The van der Waals surface area contributed by atoms with Crippen molar-refractivity contribution in [3.63, 3.8) is 0 Å². The molecule has 1 aliphatic rings. The topological polar surface area (TPSA) is 58.2 Å². The van der Waals surface area contributed by atoms with Crippen LogP contribution in [0.25, 0.3) is 0 Å². The molecule has 1 heterocycles. The highest BCUT2D eigenvalue weighted by atomic mass is 32.2. The first-order valence-electron chi connectivity index (χ1n) is 6.19. The molecule has 20 heavy (non-hydrogen) atoms. The third-order valence-corrected chi connectivity index (χ3v) is 4.91. The fraction of sp³-hybridized carbons (Fsp3) is 0.500. The van der Waals surface area contributed by atoms with Crippen LogP contribution >= 0.6 is 0 Å². The summed E-state index contributed by atoms with van der Waals surface area (Å²) in [5.74, 6) is -4.00. The van der Waals surface area contributed by atoms with Gasteiger partial charge in [0.2, 0.25) is 10.0 Å². The Morgan fingerprint density at radius 1 is 1.25 bits per heavy atom. The van der Waals surface area contributed by atoms with Crippen molar-refractivity contribution in [2.75, 3.05) is 13.1 Å². The van der Waals surface area contributed by atoms with Gasteiger partial charge in [-0.3, -0.25) is 0 Å². The molecule has 0 aliphatic carbocycles. The molecule has 4 nitrogen and oxygen atoms in total. The maximum atomic E-state index is 13.5. The monoisotopic (exact) mass is 308 g/mol. The van der Waals surface area contributed by atoms with Gasteiger partial charge in [0, 0.05) is 24.7 Å². The minimum atomic E-state index is -4.38. The second-order valence-corrected chi connectivity index (χ2v) is 6.55. The zero-order chi connectivity index (χ0) is 14.9. The number of benzene rings is 1. The van der Waals surface area contributed by atoms with Gasteiger partial charge in [-0.1, -0.05) is 6.92 Å². The van der Waals surface area contributed by atoms with E-state index in [1.807, 2.05) is 6.92 Å². The van der Waals surface area contributed by atoms with Gasteiger partial charge in [-0.15, -0.1) is 0 Å². The molecule has 0 radical (unpaired) electrons. The highest BCUT2D eigenvalue weighted by molar-refractivity contribution is 7.89. The molecule has 2 rings (SSSR count). The van der Waals surface area contributed by atoms with Crippen LogP contribution in [-0.4, -0.2) is 27.5 Å². The Labute approximate surface area is 115 Å². The lowest BCUT2D eigenvalue weighted by atomic mass is 9.96. The second-order valence-electron chi connectivity index (χ2n) is 4.90. The average molecular weight is 308 g/mol. The van der Waals surface area contributed by atoms with Crippen LogP contribution in [0.2, 0.25) is 0 Å². The molecule has 0 bridgehead atoms. The van der Waals surface area contributed by atoms with Crippen molar-refractivity contribution in [3.05, 3.63) is 29.6 Å². The predicted molar refractivity (Wildman–Crippen MR) is 67.1 cm³/mol. The lowest BCUT2D eigenvalue weighted by Gasteiger charge is -2.30. The molecule has 0 aromatic heterocycles. The molecule has 0 spiro atoms. The van der Waals surface area contributed by atoms with Gasteiger partial charge in [0.05, 0.1) is 0 Å². The van der Waals surface area contributed by atoms with Crippen molar-refractivity contribution in [2.45, 2.75) is 24.3 Å². The fourth-order valence-corrected chi connectivity index (χ4v) is 3.65. The molecule has 0 saturated carbocycles. The summed E-state index contributed by atoms with van der Waals surface area (Å²) in [5, 5.41) is 3.00. The molecule has 1 saturated heterocycles. The minimum Gasteiger partial charge on any atom is -0.315 e. The summed E-state index contributed by atoms with van der Waals surface area (Å²) in [6.45, 7) is 2.99. The number of piperidine rings is 1. The Hall–Kier alpha value is -1.12. The van der Waals surface area contributed by atoms with E-state index in [2.05, 4.69) is 10.0 Å². The van der Waals surface area contributed by atoms with E-state index in [4.69, 9.17) is 0 Å². The van der Waals surface area contributed by atoms with Crippen molar-refractivity contribution in [1.29, 1.82) is 0 Å². The first-order chi connectivity index (χ1) is 9.31. The van der Waals surface area contributed by atoms with Gasteiger partial charge < -0.3 is 5.32 Å². The van der Waals surface area contributed by atoms with Gasteiger partial charge in [0.15, 0.2) is 4.90 Å². The van der Waals surface area contributed by atoms with Crippen LogP contribution in [0.3, 0.4) is 0 Å². The van der Waals surface area contributed by atoms with Gasteiger partial charge in [-0.25, -0.2) is 26.3 Å². The third kappa shape index (κ3) is 3.13. The van der Waals surface area contributed by atoms with E-state index in [1.54, 1.807) is 0 Å². The number of halogens is 3. The highest BCUT2D eigenvalue weighted by Crippen LogP contribution is 2.22. The van der Waals surface area contributed by atoms with Crippen molar-refractivity contribution in [2.24, 2.45) is 5.92 Å². The van der Waals surface area contributed by atoms with E-state index in [9.17, 15) is 21.6 Å². The number of hydrogen-bond acceptors (Lipinski definition) is 3. The number of nitrogens with one attached hydrogen (secondary N) is 2. The second kappa shape index (κ2) is 5.71. The van der Waals surface area contributed by atoms with Gasteiger partial charge in [-0.05, 0) is 18.9 Å². The molecule has 1 aliphatic heterocycles. The standard InChI is InChI=1S/C12H15F3N2O2S/c1-7-2-3-16-6-11(7)17-20(18,19)12-9(14)4-8(13)5-10(12)15/h4-5,7,11,16-17H,2-3,6H2,1H3. The largest absolute Gasteiger partial charge is 0.315 e. The fourth-order valence-electron chi connectivity index (χ4n) is 2.19. The predicted octanol–water partition coefficient (Wildman–Crippen LogP) is 1.38. The van der Waals surface area contributed by atoms with Crippen LogP contribution in [-0.2, 0) is 10.0 Å². The smallest absolute Gasteiger partial charge is 0.246 e. The SMILES string of the molecule is CC1CCNCC1NS(=O)(=O)c1c(F)cc(F)cc1F. The molecule has 1 aromatic carbocycles. The van der Waals surface area contributed by atoms with E-state index in [0.717, 1.165) is 13.0 Å². The van der Waals surface area contributed by atoms with E-state index >= 15 is 0 Å². The van der Waals surface area contributed by atoms with Gasteiger partial charge in [0.1, 0.15) is 17.5 Å². The summed E-state index contributed by atoms with van der Waals surface area (Å²) in [6, 6.07) is 0.234. The Balaban J connectivity index is 2.31. The maximum Gasteiger partial charge on any atom is 0.246 e. The number of sulfonamides is 1. The summed E-state index contributed by atoms with van der Waals surface area (Å²) in [7, 11) is -4.38. The molecule has 1 fully saturated rings. The van der Waals surface area contributed by atoms with Gasteiger partial charge in [-0.2, -0.15) is 0 Å². The van der Waals surface area contributed by atoms with Crippen molar-refractivity contribution in [3.8, 4) is 0 Å². The zero-order valence-corrected chi connectivity index (χ0v) is 11.6. The van der Waals surface area contributed by atoms with Crippen LogP contribution in [0, 0.1) is 23.4 Å². The van der Waals surface area contributed by atoms with Crippen molar-refractivity contribution < 1.29 is 21.6 Å². The van der Waals surface area contributed by atoms with Crippen molar-refractivity contribution in [1.82, 2.24) is 10.0 Å². The van der Waals surface area contributed by atoms with E-state index < -0.39 is 38.4 Å². The molecule has 112 valence electrons. The van der Waals surface area contributed by atoms with Crippen LogP contribution in [0.5, 0.6) is 0 Å². The molecule has 2 unspecified atom stereocenters. The first kappa shape index (κ1) is 15.3. The molecule has 0 amide bonds. The molecule has 2 atom stereocenters. The van der Waals surface area contributed by atoms with Gasteiger partial charge >= 0.3 is 0 Å². The van der Waals surface area contributed by atoms with Crippen LogP contribution in [0.4, 0.5) is 13.2 Å². The van der Waals surface area contributed by atoms with E-state index in [0.29, 0.717) is 18.7 Å². The molecular formula is C12H15F3N2O2S. The molecule has 1 aromatic rings. The van der Waals surface area contributed by atoms with Crippen LogP contribution < -0.4 is 10.0 Å². The summed E-state index contributed by atoms with van der Waals surface area (Å²) in [6.07, 6.45) is 0.752. The molecule has 8 heteroatoms. The Kier molecular flexibility index (Phi) is 4.36. The minimum absolute atomic E-state index is 0.0394. The summed E-state index contributed by atoms with van der Waals surface area (Å²) in [4.78, 5) is -1.14. The Morgan fingerprint density at radius 2 is 1.85 bits per heavy atom. The summed E-state index contributed by atoms with van der Waals surface area (Å²) < 4.78 is 66.3. The molecular weight excluding hydrogens is 293 g/mol. The third-order valence-electron chi connectivity index (χ3n) is 3.37. The number of rotatable bonds is 3.